The number of thioether (sulfide) groups is 1. The van der Waals surface area contributed by atoms with Gasteiger partial charge in [0.25, 0.3) is 11.1 Å². The molecule has 1 heterocycles. The van der Waals surface area contributed by atoms with Crippen LogP contribution in [-0.4, -0.2) is 22.0 Å². The quantitative estimate of drug-likeness (QED) is 0.169. The summed E-state index contributed by atoms with van der Waals surface area (Å²) in [6.45, 7) is 0.193. The van der Waals surface area contributed by atoms with Crippen LogP contribution in [0.3, 0.4) is 0 Å². The molecule has 5 nitrogen and oxygen atoms in total. The molecule has 0 bridgehead atoms. The summed E-state index contributed by atoms with van der Waals surface area (Å²) in [7, 11) is 0. The molecule has 4 aromatic carbocycles. The van der Waals surface area contributed by atoms with E-state index in [-0.39, 0.29) is 23.3 Å². The molecule has 0 saturated carbocycles. The summed E-state index contributed by atoms with van der Waals surface area (Å²) < 4.78 is 5.45. The van der Waals surface area contributed by atoms with Gasteiger partial charge >= 0.3 is 5.97 Å². The van der Waals surface area contributed by atoms with Gasteiger partial charge < -0.3 is 4.74 Å². The van der Waals surface area contributed by atoms with Gasteiger partial charge in [0.15, 0.2) is 0 Å². The predicted octanol–water partition coefficient (Wildman–Crippen LogP) is 6.95. The monoisotopic (exact) mass is 499 g/mol. The van der Waals surface area contributed by atoms with Crippen molar-refractivity contribution in [2.45, 2.75) is 6.54 Å². The van der Waals surface area contributed by atoms with Crippen LogP contribution in [-0.2, 0) is 11.3 Å². The fraction of sp³-hybridized carbons (Fsp3) is 0.0357. The summed E-state index contributed by atoms with van der Waals surface area (Å²) in [6, 6.07) is 27.1. The molecule has 0 N–H and O–H groups in total. The van der Waals surface area contributed by atoms with Crippen LogP contribution in [0.5, 0.6) is 5.75 Å². The molecule has 0 spiro atoms. The highest BCUT2D eigenvalue weighted by atomic mass is 35.5. The van der Waals surface area contributed by atoms with E-state index in [0.29, 0.717) is 21.2 Å². The second-order valence-electron chi connectivity index (χ2n) is 7.85. The molecule has 0 aromatic heterocycles. The van der Waals surface area contributed by atoms with E-state index in [0.717, 1.165) is 28.1 Å². The molecule has 5 rings (SSSR count). The number of imide groups is 1. The average molecular weight is 500 g/mol. The van der Waals surface area contributed by atoms with Crippen molar-refractivity contribution >= 4 is 57.3 Å². The fourth-order valence-electron chi connectivity index (χ4n) is 3.84. The normalized spacial score (nSPS) is 14.7. The molecular weight excluding hydrogens is 482 g/mol. The van der Waals surface area contributed by atoms with Crippen LogP contribution < -0.4 is 4.74 Å². The Hall–Kier alpha value is -3.87. The first-order chi connectivity index (χ1) is 17.0. The van der Waals surface area contributed by atoms with E-state index in [1.54, 1.807) is 54.6 Å². The van der Waals surface area contributed by atoms with Crippen molar-refractivity contribution in [2.75, 3.05) is 0 Å². The molecule has 1 aliphatic heterocycles. The second-order valence-corrected chi connectivity index (χ2v) is 9.25. The number of fused-ring (bicyclic) bond motifs is 1. The minimum Gasteiger partial charge on any atom is -0.423 e. The molecule has 2 amide bonds. The van der Waals surface area contributed by atoms with Crippen LogP contribution >= 0.6 is 23.4 Å². The van der Waals surface area contributed by atoms with Crippen molar-refractivity contribution in [1.82, 2.24) is 4.90 Å². The van der Waals surface area contributed by atoms with Gasteiger partial charge in [-0.3, -0.25) is 14.5 Å². The third-order valence-corrected chi connectivity index (χ3v) is 6.78. The predicted molar refractivity (Wildman–Crippen MR) is 138 cm³/mol. The summed E-state index contributed by atoms with van der Waals surface area (Å²) in [5.74, 6) is -0.631. The van der Waals surface area contributed by atoms with E-state index in [1.165, 1.54) is 4.90 Å². The first kappa shape index (κ1) is 22.9. The van der Waals surface area contributed by atoms with Crippen molar-refractivity contribution < 1.29 is 19.1 Å². The average Bonchev–Trinajstić information content (AvgIpc) is 3.12. The van der Waals surface area contributed by atoms with Crippen molar-refractivity contribution in [3.05, 3.63) is 118 Å². The van der Waals surface area contributed by atoms with E-state index >= 15 is 0 Å². The SMILES string of the molecule is O=C(Oc1cccc(/C=C2\SC(=O)N(Cc3cccc4ccccc34)C2=O)c1)c1ccccc1Cl. The topological polar surface area (TPSA) is 63.7 Å². The number of amides is 2. The first-order valence-corrected chi connectivity index (χ1v) is 12.0. The zero-order chi connectivity index (χ0) is 24.4. The minimum atomic E-state index is -0.580. The van der Waals surface area contributed by atoms with E-state index in [1.807, 2.05) is 42.5 Å². The van der Waals surface area contributed by atoms with E-state index in [2.05, 4.69) is 0 Å². The number of hydrogen-bond acceptors (Lipinski definition) is 5. The zero-order valence-electron chi connectivity index (χ0n) is 18.3. The van der Waals surface area contributed by atoms with Crippen LogP contribution in [0.4, 0.5) is 4.79 Å². The Labute approximate surface area is 211 Å². The zero-order valence-corrected chi connectivity index (χ0v) is 19.9. The smallest absolute Gasteiger partial charge is 0.345 e. The molecular formula is C28H18ClNO4S. The summed E-state index contributed by atoms with van der Waals surface area (Å²) in [5.41, 5.74) is 1.79. The van der Waals surface area contributed by atoms with Gasteiger partial charge in [-0.1, -0.05) is 78.3 Å². The molecule has 0 unspecified atom stereocenters. The van der Waals surface area contributed by atoms with E-state index in [4.69, 9.17) is 16.3 Å². The van der Waals surface area contributed by atoms with Crippen LogP contribution in [0.15, 0.2) is 95.9 Å². The number of rotatable bonds is 5. The Kier molecular flexibility index (Phi) is 6.40. The number of benzene rings is 4. The van der Waals surface area contributed by atoms with E-state index < -0.39 is 5.97 Å². The second kappa shape index (κ2) is 9.78. The highest BCUT2D eigenvalue weighted by molar-refractivity contribution is 8.18. The van der Waals surface area contributed by atoms with Gasteiger partial charge in [-0.15, -0.1) is 0 Å². The fourth-order valence-corrected chi connectivity index (χ4v) is 4.90. The lowest BCUT2D eigenvalue weighted by Gasteiger charge is -2.14. The van der Waals surface area contributed by atoms with Crippen LogP contribution in [0, 0.1) is 0 Å². The van der Waals surface area contributed by atoms with Crippen LogP contribution in [0.25, 0.3) is 16.8 Å². The minimum absolute atomic E-state index is 0.193. The maximum Gasteiger partial charge on any atom is 0.345 e. The first-order valence-electron chi connectivity index (χ1n) is 10.8. The molecule has 1 saturated heterocycles. The molecule has 0 atom stereocenters. The summed E-state index contributed by atoms with van der Waals surface area (Å²) >= 11 is 6.97. The molecule has 7 heteroatoms. The summed E-state index contributed by atoms with van der Waals surface area (Å²) in [4.78, 5) is 39.8. The Morgan fingerprint density at radius 1 is 0.914 bits per heavy atom. The van der Waals surface area contributed by atoms with Gasteiger partial charge in [-0.25, -0.2) is 4.79 Å². The van der Waals surface area contributed by atoms with Crippen molar-refractivity contribution in [3.63, 3.8) is 0 Å². The number of esters is 1. The maximum absolute atomic E-state index is 13.1. The van der Waals surface area contributed by atoms with Crippen molar-refractivity contribution in [3.8, 4) is 5.75 Å². The largest absolute Gasteiger partial charge is 0.423 e. The van der Waals surface area contributed by atoms with Crippen LogP contribution in [0.1, 0.15) is 21.5 Å². The van der Waals surface area contributed by atoms with Gasteiger partial charge in [0, 0.05) is 0 Å². The van der Waals surface area contributed by atoms with Gasteiger partial charge in [-0.05, 0) is 64.0 Å². The lowest BCUT2D eigenvalue weighted by molar-refractivity contribution is -0.123. The Morgan fingerprint density at radius 3 is 2.51 bits per heavy atom. The molecule has 1 fully saturated rings. The number of carbonyl (C=O) groups excluding carboxylic acids is 3. The van der Waals surface area contributed by atoms with E-state index in [9.17, 15) is 14.4 Å². The highest BCUT2D eigenvalue weighted by Gasteiger charge is 2.35. The van der Waals surface area contributed by atoms with Gasteiger partial charge in [-0.2, -0.15) is 0 Å². The molecule has 4 aromatic rings. The van der Waals surface area contributed by atoms with Gasteiger partial charge in [0.2, 0.25) is 0 Å². The number of carbonyl (C=O) groups is 3. The number of ether oxygens (including phenoxy) is 1. The maximum atomic E-state index is 13.1. The Bertz CT molecular complexity index is 1510. The van der Waals surface area contributed by atoms with Gasteiger partial charge in [0.05, 0.1) is 22.0 Å². The number of hydrogen-bond donors (Lipinski definition) is 0. The molecule has 172 valence electrons. The molecule has 1 aliphatic rings. The summed E-state index contributed by atoms with van der Waals surface area (Å²) in [6.07, 6.45) is 1.63. The summed E-state index contributed by atoms with van der Waals surface area (Å²) in [5, 5.41) is 2.03. The lowest BCUT2D eigenvalue weighted by atomic mass is 10.0. The third-order valence-electron chi connectivity index (χ3n) is 5.54. The van der Waals surface area contributed by atoms with Gasteiger partial charge in [0.1, 0.15) is 5.75 Å². The Balaban J connectivity index is 1.35. The molecule has 0 aliphatic carbocycles. The van der Waals surface area contributed by atoms with Crippen molar-refractivity contribution in [1.29, 1.82) is 0 Å². The Morgan fingerprint density at radius 2 is 1.66 bits per heavy atom. The lowest BCUT2D eigenvalue weighted by Crippen LogP contribution is -2.27. The van der Waals surface area contributed by atoms with Crippen molar-refractivity contribution in [2.24, 2.45) is 0 Å². The standard InChI is InChI=1S/C28H18ClNO4S/c29-24-14-4-3-13-23(24)27(32)34-21-11-5-7-18(15-21)16-25-26(31)30(28(33)35-25)17-20-10-6-9-19-8-1-2-12-22(19)20/h1-16H,17H2/b25-16-. The third kappa shape index (κ3) is 4.85. The highest BCUT2D eigenvalue weighted by Crippen LogP contribution is 2.34. The number of halogens is 1. The number of nitrogens with zero attached hydrogens (tertiary/aromatic N) is 1. The molecule has 0 radical (unpaired) electrons. The van der Waals surface area contributed by atoms with Crippen LogP contribution in [0.2, 0.25) is 5.02 Å². The molecule has 35 heavy (non-hydrogen) atoms.